The summed E-state index contributed by atoms with van der Waals surface area (Å²) in [5, 5.41) is 23.7. The SMILES string of the molecule is NOCCNC(=O)/C(=N\O)c1cc(O)cc(Cl)c1. The van der Waals surface area contributed by atoms with E-state index in [1.54, 1.807) is 0 Å². The molecule has 1 aromatic rings. The average Bonchev–Trinajstić information content (AvgIpc) is 2.29. The van der Waals surface area contributed by atoms with Gasteiger partial charge in [-0.15, -0.1) is 0 Å². The summed E-state index contributed by atoms with van der Waals surface area (Å²) in [6.45, 7) is 0.270. The number of rotatable bonds is 5. The maximum atomic E-state index is 11.6. The zero-order valence-electron chi connectivity index (χ0n) is 9.26. The summed E-state index contributed by atoms with van der Waals surface area (Å²) in [6, 6.07) is 3.93. The predicted octanol–water partition coefficient (Wildman–Crippen LogP) is 0.230. The van der Waals surface area contributed by atoms with Gasteiger partial charge < -0.3 is 20.5 Å². The van der Waals surface area contributed by atoms with Gasteiger partial charge in [0.2, 0.25) is 0 Å². The van der Waals surface area contributed by atoms with Crippen LogP contribution in [0.2, 0.25) is 5.02 Å². The normalized spacial score (nSPS) is 11.3. The lowest BCUT2D eigenvalue weighted by molar-refractivity contribution is -0.115. The van der Waals surface area contributed by atoms with E-state index in [2.05, 4.69) is 15.3 Å². The lowest BCUT2D eigenvalue weighted by atomic mass is 10.1. The summed E-state index contributed by atoms with van der Waals surface area (Å²) in [4.78, 5) is 15.9. The van der Waals surface area contributed by atoms with E-state index in [1.165, 1.54) is 18.2 Å². The maximum Gasteiger partial charge on any atom is 0.274 e. The standard InChI is InChI=1S/C10H12ClN3O4/c11-7-3-6(4-8(15)5-7)9(14-17)10(16)13-1-2-18-12/h3-5,15,17H,1-2,12H2,(H,13,16)/b14-9-. The van der Waals surface area contributed by atoms with Crippen molar-refractivity contribution in [3.63, 3.8) is 0 Å². The third-order valence-corrected chi connectivity index (χ3v) is 2.19. The van der Waals surface area contributed by atoms with Crippen LogP contribution in [0, 0.1) is 0 Å². The molecule has 1 amide bonds. The molecule has 0 radical (unpaired) electrons. The van der Waals surface area contributed by atoms with Crippen molar-refractivity contribution in [2.45, 2.75) is 0 Å². The minimum absolute atomic E-state index is 0.116. The topological polar surface area (TPSA) is 117 Å². The van der Waals surface area contributed by atoms with Crippen molar-refractivity contribution in [1.29, 1.82) is 0 Å². The van der Waals surface area contributed by atoms with Crippen LogP contribution in [0.1, 0.15) is 5.56 Å². The molecule has 0 saturated carbocycles. The molecule has 0 atom stereocenters. The maximum absolute atomic E-state index is 11.6. The number of nitrogens with zero attached hydrogens (tertiary/aromatic N) is 1. The Morgan fingerprint density at radius 1 is 1.50 bits per heavy atom. The summed E-state index contributed by atoms with van der Waals surface area (Å²) in [6.07, 6.45) is 0. The molecule has 8 heteroatoms. The van der Waals surface area contributed by atoms with Crippen LogP contribution in [0.4, 0.5) is 0 Å². The van der Waals surface area contributed by atoms with Crippen LogP contribution in [-0.2, 0) is 9.63 Å². The first-order valence-corrected chi connectivity index (χ1v) is 5.28. The smallest absolute Gasteiger partial charge is 0.274 e. The Hall–Kier alpha value is -1.83. The predicted molar refractivity (Wildman–Crippen MR) is 64.6 cm³/mol. The number of phenolic OH excluding ortho intramolecular Hbond substituents is 1. The first kappa shape index (κ1) is 14.2. The van der Waals surface area contributed by atoms with Gasteiger partial charge in [-0.1, -0.05) is 16.8 Å². The first-order chi connectivity index (χ1) is 8.58. The molecule has 0 aliphatic carbocycles. The second kappa shape index (κ2) is 6.80. The van der Waals surface area contributed by atoms with E-state index in [0.29, 0.717) is 0 Å². The number of carbonyl (C=O) groups is 1. The third-order valence-electron chi connectivity index (χ3n) is 1.98. The molecule has 0 aliphatic rings. The van der Waals surface area contributed by atoms with E-state index in [4.69, 9.17) is 22.7 Å². The number of hydrogen-bond donors (Lipinski definition) is 4. The molecule has 98 valence electrons. The molecule has 18 heavy (non-hydrogen) atoms. The van der Waals surface area contributed by atoms with E-state index in [1.807, 2.05) is 0 Å². The van der Waals surface area contributed by atoms with Crippen LogP contribution in [0.25, 0.3) is 0 Å². The molecule has 5 N–H and O–H groups in total. The van der Waals surface area contributed by atoms with Crippen LogP contribution in [0.3, 0.4) is 0 Å². The Morgan fingerprint density at radius 3 is 2.78 bits per heavy atom. The number of nitrogens with two attached hydrogens (primary N) is 1. The van der Waals surface area contributed by atoms with Gasteiger partial charge >= 0.3 is 0 Å². The van der Waals surface area contributed by atoms with Gasteiger partial charge in [0.15, 0.2) is 5.71 Å². The van der Waals surface area contributed by atoms with Gasteiger partial charge in [-0.3, -0.25) is 4.79 Å². The highest BCUT2D eigenvalue weighted by atomic mass is 35.5. The van der Waals surface area contributed by atoms with Crippen LogP contribution >= 0.6 is 11.6 Å². The monoisotopic (exact) mass is 273 g/mol. The molecule has 1 aromatic carbocycles. The number of amides is 1. The summed E-state index contributed by atoms with van der Waals surface area (Å²) < 4.78 is 0. The zero-order chi connectivity index (χ0) is 13.5. The summed E-state index contributed by atoms with van der Waals surface area (Å²) >= 11 is 5.72. The Balaban J connectivity index is 2.86. The minimum atomic E-state index is -0.642. The third kappa shape index (κ3) is 3.88. The quantitative estimate of drug-likeness (QED) is 0.265. The van der Waals surface area contributed by atoms with E-state index >= 15 is 0 Å². The molecule has 0 unspecified atom stereocenters. The highest BCUT2D eigenvalue weighted by molar-refractivity contribution is 6.45. The lowest BCUT2D eigenvalue weighted by Crippen LogP contribution is -2.34. The largest absolute Gasteiger partial charge is 0.508 e. The molecule has 0 fully saturated rings. The number of carbonyl (C=O) groups excluding carboxylic acids is 1. The molecule has 7 nitrogen and oxygen atoms in total. The number of aromatic hydroxyl groups is 1. The summed E-state index contributed by atoms with van der Waals surface area (Å²) in [7, 11) is 0. The van der Waals surface area contributed by atoms with Crippen LogP contribution in [-0.4, -0.2) is 35.1 Å². The second-order valence-electron chi connectivity index (χ2n) is 3.27. The fraction of sp³-hybridized carbons (Fsp3) is 0.200. The average molecular weight is 274 g/mol. The van der Waals surface area contributed by atoms with E-state index in [9.17, 15) is 9.90 Å². The van der Waals surface area contributed by atoms with Crippen LogP contribution < -0.4 is 11.2 Å². The summed E-state index contributed by atoms with van der Waals surface area (Å²) in [5.74, 6) is 4.01. The van der Waals surface area contributed by atoms with Crippen molar-refractivity contribution >= 4 is 23.2 Å². The molecule has 0 spiro atoms. The van der Waals surface area contributed by atoms with Gasteiger partial charge in [0.25, 0.3) is 5.91 Å². The Morgan fingerprint density at radius 2 is 2.22 bits per heavy atom. The number of halogens is 1. The van der Waals surface area contributed by atoms with E-state index in [-0.39, 0.29) is 35.2 Å². The van der Waals surface area contributed by atoms with Crippen molar-refractivity contribution in [1.82, 2.24) is 5.32 Å². The van der Waals surface area contributed by atoms with Crippen LogP contribution in [0.5, 0.6) is 5.75 Å². The number of phenols is 1. The van der Waals surface area contributed by atoms with Gasteiger partial charge in [0.1, 0.15) is 5.75 Å². The van der Waals surface area contributed by atoms with Gasteiger partial charge in [-0.05, 0) is 18.2 Å². The van der Waals surface area contributed by atoms with Gasteiger partial charge in [-0.25, -0.2) is 5.90 Å². The molecule has 0 aromatic heterocycles. The Kier molecular flexibility index (Phi) is 5.37. The Labute approximate surface area is 108 Å². The van der Waals surface area contributed by atoms with Crippen molar-refractivity contribution in [3.8, 4) is 5.75 Å². The first-order valence-electron chi connectivity index (χ1n) is 4.90. The molecule has 0 aliphatic heterocycles. The molecular weight excluding hydrogens is 262 g/mol. The molecule has 1 rings (SSSR count). The highest BCUT2D eigenvalue weighted by Gasteiger charge is 2.15. The highest BCUT2D eigenvalue weighted by Crippen LogP contribution is 2.20. The van der Waals surface area contributed by atoms with Crippen molar-refractivity contribution in [2.75, 3.05) is 13.2 Å². The molecule has 0 heterocycles. The van der Waals surface area contributed by atoms with Crippen molar-refractivity contribution in [2.24, 2.45) is 11.1 Å². The number of oxime groups is 1. The fourth-order valence-corrected chi connectivity index (χ4v) is 1.48. The van der Waals surface area contributed by atoms with Gasteiger partial charge in [0, 0.05) is 17.1 Å². The number of hydrogen-bond acceptors (Lipinski definition) is 6. The van der Waals surface area contributed by atoms with E-state index in [0.717, 1.165) is 0 Å². The molecule has 0 bridgehead atoms. The van der Waals surface area contributed by atoms with Crippen molar-refractivity contribution in [3.05, 3.63) is 28.8 Å². The van der Waals surface area contributed by atoms with Gasteiger partial charge in [-0.2, -0.15) is 0 Å². The van der Waals surface area contributed by atoms with Crippen molar-refractivity contribution < 1.29 is 19.9 Å². The molecule has 0 saturated heterocycles. The minimum Gasteiger partial charge on any atom is -0.508 e. The fourth-order valence-electron chi connectivity index (χ4n) is 1.25. The number of nitrogens with one attached hydrogen (secondary N) is 1. The second-order valence-corrected chi connectivity index (χ2v) is 3.71. The summed E-state index contributed by atoms with van der Waals surface area (Å²) in [5.41, 5.74) is -0.0847. The molecular formula is C10H12ClN3O4. The zero-order valence-corrected chi connectivity index (χ0v) is 10.0. The lowest BCUT2D eigenvalue weighted by Gasteiger charge is -2.07. The van der Waals surface area contributed by atoms with Crippen LogP contribution in [0.15, 0.2) is 23.4 Å². The van der Waals surface area contributed by atoms with E-state index < -0.39 is 5.91 Å². The van der Waals surface area contributed by atoms with Gasteiger partial charge in [0.05, 0.1) is 6.61 Å². The number of benzene rings is 1. The Bertz CT molecular complexity index is 444.